The molecule has 0 aliphatic carbocycles. The van der Waals surface area contributed by atoms with Gasteiger partial charge in [0.2, 0.25) is 0 Å². The van der Waals surface area contributed by atoms with Crippen LogP contribution in [0.3, 0.4) is 0 Å². The van der Waals surface area contributed by atoms with E-state index in [-0.39, 0.29) is 0 Å². The minimum atomic E-state index is 0.496. The van der Waals surface area contributed by atoms with Gasteiger partial charge in [0.15, 0.2) is 11.0 Å². The largest absolute Gasteiger partial charge is 0.298 e. The summed E-state index contributed by atoms with van der Waals surface area (Å²) in [6, 6.07) is 13.7. The second-order valence-corrected chi connectivity index (χ2v) is 7.93. The summed E-state index contributed by atoms with van der Waals surface area (Å²) >= 11 is 17.3. The minimum absolute atomic E-state index is 0.496. The van der Waals surface area contributed by atoms with Gasteiger partial charge >= 0.3 is 0 Å². The number of benzene rings is 2. The molecule has 0 radical (unpaired) electrons. The maximum atomic E-state index is 6.14. The van der Waals surface area contributed by atoms with Gasteiger partial charge in [-0.1, -0.05) is 69.1 Å². The number of hydrogen-bond acceptors (Lipinski definition) is 3. The third-order valence-electron chi connectivity index (χ3n) is 3.46. The molecule has 2 aromatic carbocycles. The van der Waals surface area contributed by atoms with E-state index in [0.717, 1.165) is 26.8 Å². The Hall–Kier alpha value is -1.27. The fourth-order valence-corrected chi connectivity index (χ4v) is 3.95. The quantitative estimate of drug-likeness (QED) is 0.315. The third kappa shape index (κ3) is 4.47. The fourth-order valence-electron chi connectivity index (χ4n) is 2.31. The summed E-state index contributed by atoms with van der Waals surface area (Å²) in [6.45, 7) is 4.45. The molecule has 7 heteroatoms. The Morgan fingerprint density at radius 1 is 1.12 bits per heavy atom. The molecule has 0 atom stereocenters. The molecule has 0 amide bonds. The number of rotatable bonds is 6. The maximum absolute atomic E-state index is 6.14. The van der Waals surface area contributed by atoms with Crippen LogP contribution >= 0.6 is 50.9 Å². The Balaban J connectivity index is 1.88. The molecule has 0 aliphatic rings. The van der Waals surface area contributed by atoms with Crippen molar-refractivity contribution in [3.8, 4) is 11.4 Å². The van der Waals surface area contributed by atoms with Crippen LogP contribution in [0.5, 0.6) is 0 Å². The highest BCUT2D eigenvalue weighted by molar-refractivity contribution is 9.10. The van der Waals surface area contributed by atoms with Gasteiger partial charge in [0, 0.05) is 22.3 Å². The molecular weight excluding hydrogens is 441 g/mol. The predicted octanol–water partition coefficient (Wildman–Crippen LogP) is 6.49. The Bertz CT molecular complexity index is 911. The minimum Gasteiger partial charge on any atom is -0.298 e. The fraction of sp³-hybridized carbons (Fsp3) is 0.111. The Labute approximate surface area is 169 Å². The molecule has 0 saturated heterocycles. The van der Waals surface area contributed by atoms with Gasteiger partial charge < -0.3 is 0 Å². The molecule has 0 fully saturated rings. The summed E-state index contributed by atoms with van der Waals surface area (Å²) in [5.41, 5.74) is 2.08. The number of aromatic nitrogens is 3. The monoisotopic (exact) mass is 453 g/mol. The SMILES string of the molecule is C=CCn1c(SCc2cccc(Br)c2)nnc1-c1ccc(Cl)c(Cl)c1. The van der Waals surface area contributed by atoms with E-state index in [4.69, 9.17) is 23.2 Å². The lowest BCUT2D eigenvalue weighted by Crippen LogP contribution is -2.00. The van der Waals surface area contributed by atoms with E-state index in [9.17, 15) is 0 Å². The van der Waals surface area contributed by atoms with Crippen LogP contribution < -0.4 is 0 Å². The molecule has 25 heavy (non-hydrogen) atoms. The van der Waals surface area contributed by atoms with E-state index >= 15 is 0 Å². The maximum Gasteiger partial charge on any atom is 0.192 e. The first-order valence-corrected chi connectivity index (χ1v) is 9.98. The zero-order valence-corrected chi connectivity index (χ0v) is 17.0. The van der Waals surface area contributed by atoms with E-state index in [2.05, 4.69) is 44.8 Å². The van der Waals surface area contributed by atoms with Crippen molar-refractivity contribution in [1.82, 2.24) is 14.8 Å². The molecule has 0 unspecified atom stereocenters. The van der Waals surface area contributed by atoms with Crippen LogP contribution in [0.2, 0.25) is 10.0 Å². The van der Waals surface area contributed by atoms with E-state index in [1.54, 1.807) is 23.9 Å². The molecule has 3 rings (SSSR count). The molecule has 3 nitrogen and oxygen atoms in total. The summed E-state index contributed by atoms with van der Waals surface area (Å²) < 4.78 is 3.09. The molecule has 1 heterocycles. The van der Waals surface area contributed by atoms with Crippen molar-refractivity contribution in [2.75, 3.05) is 0 Å². The number of allylic oxidation sites excluding steroid dienone is 1. The molecule has 128 valence electrons. The highest BCUT2D eigenvalue weighted by Crippen LogP contribution is 2.30. The zero-order chi connectivity index (χ0) is 17.8. The normalized spacial score (nSPS) is 10.8. The lowest BCUT2D eigenvalue weighted by molar-refractivity contribution is 0.731. The van der Waals surface area contributed by atoms with Gasteiger partial charge in [-0.3, -0.25) is 4.57 Å². The van der Waals surface area contributed by atoms with Crippen LogP contribution in [0.15, 0.2) is 64.7 Å². The van der Waals surface area contributed by atoms with Crippen LogP contribution in [0.25, 0.3) is 11.4 Å². The smallest absolute Gasteiger partial charge is 0.192 e. The second-order valence-electron chi connectivity index (χ2n) is 5.25. The van der Waals surface area contributed by atoms with Crippen molar-refractivity contribution in [3.63, 3.8) is 0 Å². The Kier molecular flexibility index (Phi) is 6.23. The van der Waals surface area contributed by atoms with Crippen molar-refractivity contribution >= 4 is 50.9 Å². The van der Waals surface area contributed by atoms with E-state index < -0.39 is 0 Å². The molecule has 0 aliphatic heterocycles. The van der Waals surface area contributed by atoms with Gasteiger partial charge in [-0.25, -0.2) is 0 Å². The predicted molar refractivity (Wildman–Crippen MR) is 109 cm³/mol. The van der Waals surface area contributed by atoms with Crippen molar-refractivity contribution in [1.29, 1.82) is 0 Å². The number of thioether (sulfide) groups is 1. The summed E-state index contributed by atoms with van der Waals surface area (Å²) in [7, 11) is 0. The van der Waals surface area contributed by atoms with Crippen LogP contribution in [0, 0.1) is 0 Å². The Morgan fingerprint density at radius 3 is 2.68 bits per heavy atom. The molecule has 1 aromatic heterocycles. The van der Waals surface area contributed by atoms with Gasteiger partial charge in [0.25, 0.3) is 0 Å². The molecule has 0 N–H and O–H groups in total. The first-order valence-electron chi connectivity index (χ1n) is 7.45. The first kappa shape index (κ1) is 18.5. The topological polar surface area (TPSA) is 30.7 Å². The third-order valence-corrected chi connectivity index (χ3v) is 5.73. The van der Waals surface area contributed by atoms with Crippen LogP contribution in [-0.2, 0) is 12.3 Å². The average molecular weight is 455 g/mol. The standard InChI is InChI=1S/C18H14BrCl2N3S/c1-2-8-24-17(13-6-7-15(20)16(21)10-13)22-23-18(24)25-11-12-4-3-5-14(19)9-12/h2-7,9-10H,1,8,11H2. The van der Waals surface area contributed by atoms with Gasteiger partial charge in [0.1, 0.15) is 0 Å². The number of nitrogens with zero attached hydrogens (tertiary/aromatic N) is 3. The second kappa shape index (κ2) is 8.41. The van der Waals surface area contributed by atoms with Crippen LogP contribution in [0.4, 0.5) is 0 Å². The van der Waals surface area contributed by atoms with Gasteiger partial charge in [0.05, 0.1) is 10.0 Å². The van der Waals surface area contributed by atoms with Gasteiger partial charge in [-0.05, 0) is 35.9 Å². The van der Waals surface area contributed by atoms with Crippen LogP contribution in [-0.4, -0.2) is 14.8 Å². The average Bonchev–Trinajstić information content (AvgIpc) is 2.99. The Morgan fingerprint density at radius 2 is 1.96 bits per heavy atom. The van der Waals surface area contributed by atoms with Crippen LogP contribution in [0.1, 0.15) is 5.56 Å². The highest BCUT2D eigenvalue weighted by atomic mass is 79.9. The summed E-state index contributed by atoms with van der Waals surface area (Å²) in [5, 5.41) is 10.5. The van der Waals surface area contributed by atoms with Crippen molar-refractivity contribution in [2.45, 2.75) is 17.5 Å². The first-order chi connectivity index (χ1) is 12.1. The van der Waals surface area contributed by atoms with Gasteiger partial charge in [-0.2, -0.15) is 0 Å². The zero-order valence-electron chi connectivity index (χ0n) is 13.1. The summed E-state index contributed by atoms with van der Waals surface area (Å²) in [4.78, 5) is 0. The number of hydrogen-bond donors (Lipinski definition) is 0. The lowest BCUT2D eigenvalue weighted by Gasteiger charge is -2.08. The van der Waals surface area contributed by atoms with Gasteiger partial charge in [-0.15, -0.1) is 16.8 Å². The molecule has 0 spiro atoms. The number of halogens is 3. The molecular formula is C18H14BrCl2N3S. The van der Waals surface area contributed by atoms with E-state index in [1.807, 2.05) is 28.8 Å². The van der Waals surface area contributed by atoms with Crippen molar-refractivity contribution in [3.05, 3.63) is 75.2 Å². The highest BCUT2D eigenvalue weighted by Gasteiger charge is 2.14. The molecule has 0 saturated carbocycles. The van der Waals surface area contributed by atoms with E-state index in [0.29, 0.717) is 16.6 Å². The van der Waals surface area contributed by atoms with Crippen molar-refractivity contribution < 1.29 is 0 Å². The lowest BCUT2D eigenvalue weighted by atomic mass is 10.2. The van der Waals surface area contributed by atoms with Crippen molar-refractivity contribution in [2.24, 2.45) is 0 Å². The van der Waals surface area contributed by atoms with E-state index in [1.165, 1.54) is 5.56 Å². The molecule has 3 aromatic rings. The molecule has 0 bridgehead atoms. The summed E-state index contributed by atoms with van der Waals surface area (Å²) in [6.07, 6.45) is 1.83. The summed E-state index contributed by atoms with van der Waals surface area (Å²) in [5.74, 6) is 1.55.